The normalized spacial score (nSPS) is 15.8. The second-order valence-electron chi connectivity index (χ2n) is 5.84. The highest BCUT2D eigenvalue weighted by atomic mass is 35.5. The van der Waals surface area contributed by atoms with Crippen LogP contribution in [-0.2, 0) is 0 Å². The van der Waals surface area contributed by atoms with Gasteiger partial charge < -0.3 is 4.90 Å². The quantitative estimate of drug-likeness (QED) is 0.717. The molecular weight excluding hydrogens is 310 g/mol. The smallest absolute Gasteiger partial charge is 0.168 e. The molecule has 3 heterocycles. The summed E-state index contributed by atoms with van der Waals surface area (Å²) in [4.78, 5) is 11.3. The van der Waals surface area contributed by atoms with Crippen LogP contribution in [0, 0.1) is 0 Å². The summed E-state index contributed by atoms with van der Waals surface area (Å²) in [5.41, 5.74) is 1.64. The third kappa shape index (κ3) is 2.65. The van der Waals surface area contributed by atoms with Crippen LogP contribution in [0.25, 0.3) is 16.7 Å². The second-order valence-corrected chi connectivity index (χ2v) is 6.25. The standard InChI is InChI=1S/C17H18ClN5/c18-14-7-3-4-8-15(14)23-17-13(11-21-23)16(19-12-20-17)22-9-5-1-2-6-10-22/h3-4,7-8,11-12H,1-2,5-6,9-10H2. The number of aromatic nitrogens is 4. The van der Waals surface area contributed by atoms with Gasteiger partial charge in [-0.3, -0.25) is 0 Å². The Hall–Kier alpha value is -2.14. The number of benzene rings is 1. The van der Waals surface area contributed by atoms with Gasteiger partial charge in [0, 0.05) is 13.1 Å². The van der Waals surface area contributed by atoms with Crippen LogP contribution in [0.2, 0.25) is 5.02 Å². The molecule has 23 heavy (non-hydrogen) atoms. The first kappa shape index (κ1) is 14.5. The van der Waals surface area contributed by atoms with Gasteiger partial charge in [-0.05, 0) is 25.0 Å². The van der Waals surface area contributed by atoms with E-state index in [1.54, 1.807) is 11.0 Å². The van der Waals surface area contributed by atoms with Gasteiger partial charge in [-0.25, -0.2) is 14.6 Å². The molecule has 0 aliphatic carbocycles. The summed E-state index contributed by atoms with van der Waals surface area (Å²) in [6.07, 6.45) is 8.48. The van der Waals surface area contributed by atoms with Crippen LogP contribution in [0.4, 0.5) is 5.82 Å². The summed E-state index contributed by atoms with van der Waals surface area (Å²) < 4.78 is 1.79. The lowest BCUT2D eigenvalue weighted by atomic mass is 10.2. The maximum atomic E-state index is 6.31. The molecule has 0 atom stereocenters. The third-order valence-corrected chi connectivity index (χ3v) is 4.65. The van der Waals surface area contributed by atoms with Gasteiger partial charge in [0.25, 0.3) is 0 Å². The lowest BCUT2D eigenvalue weighted by Crippen LogP contribution is -2.25. The zero-order valence-corrected chi connectivity index (χ0v) is 13.6. The van der Waals surface area contributed by atoms with E-state index in [-0.39, 0.29) is 0 Å². The third-order valence-electron chi connectivity index (χ3n) is 4.33. The van der Waals surface area contributed by atoms with Gasteiger partial charge in [0.1, 0.15) is 12.1 Å². The Morgan fingerprint density at radius 3 is 2.52 bits per heavy atom. The summed E-state index contributed by atoms with van der Waals surface area (Å²) in [7, 11) is 0. The number of para-hydroxylation sites is 1. The first-order chi connectivity index (χ1) is 11.3. The molecule has 1 fully saturated rings. The highest BCUT2D eigenvalue weighted by molar-refractivity contribution is 6.32. The summed E-state index contributed by atoms with van der Waals surface area (Å²) in [6, 6.07) is 7.67. The molecule has 0 N–H and O–H groups in total. The van der Waals surface area contributed by atoms with E-state index < -0.39 is 0 Å². The average Bonchev–Trinajstić information content (AvgIpc) is 2.82. The first-order valence-corrected chi connectivity index (χ1v) is 8.41. The van der Waals surface area contributed by atoms with Crippen molar-refractivity contribution in [3.63, 3.8) is 0 Å². The Kier molecular flexibility index (Phi) is 3.87. The Morgan fingerprint density at radius 2 is 1.74 bits per heavy atom. The lowest BCUT2D eigenvalue weighted by Gasteiger charge is -2.21. The maximum Gasteiger partial charge on any atom is 0.168 e. The fourth-order valence-electron chi connectivity index (χ4n) is 3.17. The molecule has 5 nitrogen and oxygen atoms in total. The van der Waals surface area contributed by atoms with Crippen molar-refractivity contribution in [3.8, 4) is 5.69 Å². The van der Waals surface area contributed by atoms with Gasteiger partial charge in [-0.1, -0.05) is 36.6 Å². The largest absolute Gasteiger partial charge is 0.356 e. The van der Waals surface area contributed by atoms with Crippen molar-refractivity contribution < 1.29 is 0 Å². The summed E-state index contributed by atoms with van der Waals surface area (Å²) >= 11 is 6.31. The van der Waals surface area contributed by atoms with Crippen LogP contribution in [-0.4, -0.2) is 32.8 Å². The van der Waals surface area contributed by atoms with Crippen molar-refractivity contribution in [2.45, 2.75) is 25.7 Å². The Bertz CT molecular complexity index is 821. The Labute approximate surface area is 139 Å². The van der Waals surface area contributed by atoms with Gasteiger partial charge in [0.2, 0.25) is 0 Å². The molecule has 0 radical (unpaired) electrons. The summed E-state index contributed by atoms with van der Waals surface area (Å²) in [5, 5.41) is 6.15. The molecule has 4 rings (SSSR count). The zero-order chi connectivity index (χ0) is 15.6. The van der Waals surface area contributed by atoms with Gasteiger partial charge in [-0.15, -0.1) is 0 Å². The molecule has 3 aromatic rings. The molecule has 1 aliphatic heterocycles. The van der Waals surface area contributed by atoms with E-state index in [0.29, 0.717) is 5.02 Å². The molecular formula is C17H18ClN5. The van der Waals surface area contributed by atoms with Crippen molar-refractivity contribution in [3.05, 3.63) is 41.8 Å². The van der Waals surface area contributed by atoms with E-state index in [2.05, 4.69) is 20.0 Å². The minimum Gasteiger partial charge on any atom is -0.356 e. The Morgan fingerprint density at radius 1 is 0.957 bits per heavy atom. The van der Waals surface area contributed by atoms with Crippen LogP contribution < -0.4 is 4.90 Å². The van der Waals surface area contributed by atoms with Gasteiger partial charge >= 0.3 is 0 Å². The van der Waals surface area contributed by atoms with Crippen molar-refractivity contribution in [1.82, 2.24) is 19.7 Å². The van der Waals surface area contributed by atoms with E-state index in [1.165, 1.54) is 25.7 Å². The van der Waals surface area contributed by atoms with Crippen molar-refractivity contribution in [2.75, 3.05) is 18.0 Å². The van der Waals surface area contributed by atoms with Crippen LogP contribution in [0.3, 0.4) is 0 Å². The zero-order valence-electron chi connectivity index (χ0n) is 12.8. The van der Waals surface area contributed by atoms with Crippen molar-refractivity contribution >= 4 is 28.5 Å². The number of fused-ring (bicyclic) bond motifs is 1. The molecule has 1 saturated heterocycles. The molecule has 0 unspecified atom stereocenters. The number of nitrogens with zero attached hydrogens (tertiary/aromatic N) is 5. The first-order valence-electron chi connectivity index (χ1n) is 8.03. The second kappa shape index (κ2) is 6.16. The van der Waals surface area contributed by atoms with E-state index >= 15 is 0 Å². The van der Waals surface area contributed by atoms with E-state index in [1.807, 2.05) is 30.5 Å². The minimum absolute atomic E-state index is 0.660. The highest BCUT2D eigenvalue weighted by Crippen LogP contribution is 2.28. The predicted molar refractivity (Wildman–Crippen MR) is 92.4 cm³/mol. The van der Waals surface area contributed by atoms with Crippen molar-refractivity contribution in [2.24, 2.45) is 0 Å². The topological polar surface area (TPSA) is 46.8 Å². The molecule has 1 aliphatic rings. The van der Waals surface area contributed by atoms with Crippen molar-refractivity contribution in [1.29, 1.82) is 0 Å². The van der Waals surface area contributed by atoms with Crippen LogP contribution in [0.5, 0.6) is 0 Å². The van der Waals surface area contributed by atoms with Crippen LogP contribution >= 0.6 is 11.6 Å². The molecule has 0 saturated carbocycles. The number of hydrogen-bond acceptors (Lipinski definition) is 4. The molecule has 1 aromatic carbocycles. The summed E-state index contributed by atoms with van der Waals surface area (Å²) in [6.45, 7) is 2.09. The molecule has 0 amide bonds. The Balaban J connectivity index is 1.82. The molecule has 118 valence electrons. The van der Waals surface area contributed by atoms with E-state index in [9.17, 15) is 0 Å². The fourth-order valence-corrected chi connectivity index (χ4v) is 3.38. The van der Waals surface area contributed by atoms with E-state index in [0.717, 1.165) is 35.6 Å². The molecule has 2 aromatic heterocycles. The monoisotopic (exact) mass is 327 g/mol. The van der Waals surface area contributed by atoms with Crippen LogP contribution in [0.1, 0.15) is 25.7 Å². The number of halogens is 1. The van der Waals surface area contributed by atoms with E-state index in [4.69, 9.17) is 11.6 Å². The predicted octanol–water partition coefficient (Wildman–Crippen LogP) is 3.85. The van der Waals surface area contributed by atoms with Gasteiger partial charge in [-0.2, -0.15) is 5.10 Å². The number of rotatable bonds is 2. The SMILES string of the molecule is Clc1ccccc1-n1ncc2c(N3CCCCCC3)ncnc21. The lowest BCUT2D eigenvalue weighted by molar-refractivity contribution is 0.726. The van der Waals surface area contributed by atoms with Crippen LogP contribution in [0.15, 0.2) is 36.8 Å². The molecule has 6 heteroatoms. The highest BCUT2D eigenvalue weighted by Gasteiger charge is 2.18. The average molecular weight is 328 g/mol. The van der Waals surface area contributed by atoms with Gasteiger partial charge in [0.05, 0.1) is 22.3 Å². The maximum absolute atomic E-state index is 6.31. The van der Waals surface area contributed by atoms with Gasteiger partial charge in [0.15, 0.2) is 5.65 Å². The minimum atomic E-state index is 0.660. The number of anilines is 1. The molecule has 0 bridgehead atoms. The summed E-state index contributed by atoms with van der Waals surface area (Å²) in [5.74, 6) is 0.982. The fraction of sp³-hybridized carbons (Fsp3) is 0.353. The number of hydrogen-bond donors (Lipinski definition) is 0. The molecule has 0 spiro atoms.